The van der Waals surface area contributed by atoms with Gasteiger partial charge in [-0.2, -0.15) is 0 Å². The number of aromatic nitrogens is 2. The molecule has 1 aliphatic carbocycles. The molecule has 1 aliphatic heterocycles. The van der Waals surface area contributed by atoms with Crippen LogP contribution >= 0.6 is 0 Å². The van der Waals surface area contributed by atoms with Crippen LogP contribution in [0.5, 0.6) is 0 Å². The van der Waals surface area contributed by atoms with Crippen molar-refractivity contribution >= 4 is 22.6 Å². The van der Waals surface area contributed by atoms with Gasteiger partial charge in [0, 0.05) is 54.9 Å². The minimum Gasteiger partial charge on any atom is -0.358 e. The topological polar surface area (TPSA) is 52.2 Å². The number of piperazine rings is 1. The van der Waals surface area contributed by atoms with Crippen LogP contribution in [0.25, 0.3) is 10.9 Å². The number of amides is 1. The zero-order valence-electron chi connectivity index (χ0n) is 15.7. The molecule has 0 radical (unpaired) electrons. The number of pyridine rings is 1. The predicted molar refractivity (Wildman–Crippen MR) is 107 cm³/mol. The summed E-state index contributed by atoms with van der Waals surface area (Å²) in [6, 6.07) is 10.8. The Hall–Kier alpha value is -2.89. The number of carbonyl (C=O) groups excluding carboxylic acids is 1. The van der Waals surface area contributed by atoms with E-state index in [1.807, 2.05) is 23.1 Å². The van der Waals surface area contributed by atoms with Crippen LogP contribution in [0, 0.1) is 11.7 Å². The second-order valence-electron chi connectivity index (χ2n) is 7.71. The smallest absolute Gasteiger partial charge is 0.226 e. The zero-order chi connectivity index (χ0) is 19.1. The van der Waals surface area contributed by atoms with Crippen LogP contribution in [0.3, 0.4) is 0 Å². The van der Waals surface area contributed by atoms with Crippen molar-refractivity contribution in [1.82, 2.24) is 14.9 Å². The molecule has 1 saturated heterocycles. The molecule has 1 unspecified atom stereocenters. The standard InChI is InChI=1S/C22H23FN4O/c23-16-5-7-20-18(14-16)17-13-15(4-6-19(17)25-20)22(28)27-11-9-26(10-12-27)21-3-1-2-8-24-21/h1-3,5,7-8,14-15,25H,4,6,9-13H2. The van der Waals surface area contributed by atoms with E-state index in [1.165, 1.54) is 6.07 Å². The van der Waals surface area contributed by atoms with E-state index in [-0.39, 0.29) is 17.6 Å². The molecule has 2 aromatic heterocycles. The minimum absolute atomic E-state index is 0.0174. The van der Waals surface area contributed by atoms with E-state index in [0.29, 0.717) is 6.42 Å². The number of aryl methyl sites for hydroxylation is 1. The minimum atomic E-state index is -0.228. The fraction of sp³-hybridized carbons (Fsp3) is 0.364. The van der Waals surface area contributed by atoms with Crippen LogP contribution in [-0.4, -0.2) is 47.0 Å². The van der Waals surface area contributed by atoms with Crippen LogP contribution in [0.15, 0.2) is 42.6 Å². The normalized spacial score (nSPS) is 19.7. The van der Waals surface area contributed by atoms with E-state index in [1.54, 1.807) is 18.3 Å². The fourth-order valence-electron chi connectivity index (χ4n) is 4.56. The number of rotatable bonds is 2. The number of nitrogens with zero attached hydrogens (tertiary/aromatic N) is 3. The largest absolute Gasteiger partial charge is 0.358 e. The Morgan fingerprint density at radius 3 is 2.79 bits per heavy atom. The molecule has 144 valence electrons. The van der Waals surface area contributed by atoms with E-state index < -0.39 is 0 Å². The molecular weight excluding hydrogens is 355 g/mol. The van der Waals surface area contributed by atoms with Gasteiger partial charge in [0.05, 0.1) is 0 Å². The van der Waals surface area contributed by atoms with Gasteiger partial charge in [0.1, 0.15) is 11.6 Å². The lowest BCUT2D eigenvalue weighted by molar-refractivity contribution is -0.136. The van der Waals surface area contributed by atoms with Crippen LogP contribution in [0.4, 0.5) is 10.2 Å². The number of halogens is 1. The number of H-pyrrole nitrogens is 1. The van der Waals surface area contributed by atoms with Gasteiger partial charge in [0.2, 0.25) is 5.91 Å². The Balaban J connectivity index is 1.28. The SMILES string of the molecule is O=C(C1CCc2[nH]c3ccc(F)cc3c2C1)N1CCN(c2ccccn2)CC1. The van der Waals surface area contributed by atoms with E-state index >= 15 is 0 Å². The van der Waals surface area contributed by atoms with Gasteiger partial charge in [-0.05, 0) is 55.2 Å². The number of benzene rings is 1. The first kappa shape index (κ1) is 17.2. The van der Waals surface area contributed by atoms with Crippen molar-refractivity contribution in [1.29, 1.82) is 0 Å². The summed E-state index contributed by atoms with van der Waals surface area (Å²) >= 11 is 0. The number of nitrogens with one attached hydrogen (secondary N) is 1. The molecule has 1 atom stereocenters. The summed E-state index contributed by atoms with van der Waals surface area (Å²) in [5, 5.41) is 0.924. The van der Waals surface area contributed by atoms with Crippen molar-refractivity contribution in [3.05, 3.63) is 59.7 Å². The Labute approximate surface area is 163 Å². The van der Waals surface area contributed by atoms with Crippen molar-refractivity contribution in [2.75, 3.05) is 31.1 Å². The molecule has 1 fully saturated rings. The first-order valence-electron chi connectivity index (χ1n) is 9.93. The van der Waals surface area contributed by atoms with Crippen molar-refractivity contribution in [2.45, 2.75) is 19.3 Å². The molecule has 1 aromatic carbocycles. The maximum atomic E-state index is 13.7. The predicted octanol–water partition coefficient (Wildman–Crippen LogP) is 3.16. The van der Waals surface area contributed by atoms with Crippen LogP contribution < -0.4 is 4.90 Å². The van der Waals surface area contributed by atoms with E-state index in [0.717, 1.165) is 67.0 Å². The molecule has 1 N–H and O–H groups in total. The summed E-state index contributed by atoms with van der Waals surface area (Å²) in [4.78, 5) is 25.2. The molecular formula is C22H23FN4O. The van der Waals surface area contributed by atoms with Crippen molar-refractivity contribution < 1.29 is 9.18 Å². The van der Waals surface area contributed by atoms with Gasteiger partial charge in [-0.3, -0.25) is 4.79 Å². The van der Waals surface area contributed by atoms with Crippen LogP contribution in [-0.2, 0) is 17.6 Å². The number of carbonyl (C=O) groups is 1. The lowest BCUT2D eigenvalue weighted by atomic mass is 9.85. The summed E-state index contributed by atoms with van der Waals surface area (Å²) in [5.41, 5.74) is 3.24. The van der Waals surface area contributed by atoms with Gasteiger partial charge < -0.3 is 14.8 Å². The van der Waals surface area contributed by atoms with Crippen LogP contribution in [0.1, 0.15) is 17.7 Å². The number of anilines is 1. The summed E-state index contributed by atoms with van der Waals surface area (Å²) < 4.78 is 13.7. The van der Waals surface area contributed by atoms with Gasteiger partial charge >= 0.3 is 0 Å². The number of fused-ring (bicyclic) bond motifs is 3. The highest BCUT2D eigenvalue weighted by Gasteiger charge is 2.32. The second kappa shape index (κ2) is 6.93. The molecule has 3 aromatic rings. The maximum absolute atomic E-state index is 13.7. The molecule has 5 rings (SSSR count). The maximum Gasteiger partial charge on any atom is 0.226 e. The monoisotopic (exact) mass is 378 g/mol. The van der Waals surface area contributed by atoms with Crippen molar-refractivity contribution in [2.24, 2.45) is 5.92 Å². The number of aromatic amines is 1. The van der Waals surface area contributed by atoms with Gasteiger partial charge in [-0.25, -0.2) is 9.37 Å². The molecule has 6 heteroatoms. The van der Waals surface area contributed by atoms with E-state index in [2.05, 4.69) is 14.9 Å². The Morgan fingerprint density at radius 2 is 2.00 bits per heavy atom. The highest BCUT2D eigenvalue weighted by molar-refractivity contribution is 5.87. The number of hydrogen-bond donors (Lipinski definition) is 1. The Kier molecular flexibility index (Phi) is 4.26. The van der Waals surface area contributed by atoms with Crippen molar-refractivity contribution in [3.8, 4) is 0 Å². The third-order valence-electron chi connectivity index (χ3n) is 6.06. The fourth-order valence-corrected chi connectivity index (χ4v) is 4.56. The summed E-state index contributed by atoms with van der Waals surface area (Å²) in [6.45, 7) is 3.06. The Bertz CT molecular complexity index is 1010. The van der Waals surface area contributed by atoms with Gasteiger partial charge in [-0.1, -0.05) is 6.07 Å². The quantitative estimate of drug-likeness (QED) is 0.745. The molecule has 0 saturated carbocycles. The molecule has 5 nitrogen and oxygen atoms in total. The highest BCUT2D eigenvalue weighted by Crippen LogP contribution is 2.33. The van der Waals surface area contributed by atoms with Gasteiger partial charge in [-0.15, -0.1) is 0 Å². The molecule has 1 amide bonds. The lowest BCUT2D eigenvalue weighted by Gasteiger charge is -2.37. The lowest BCUT2D eigenvalue weighted by Crippen LogP contribution is -2.51. The highest BCUT2D eigenvalue weighted by atomic mass is 19.1. The Morgan fingerprint density at radius 1 is 1.14 bits per heavy atom. The van der Waals surface area contributed by atoms with Gasteiger partial charge in [0.25, 0.3) is 0 Å². The average molecular weight is 378 g/mol. The first-order valence-corrected chi connectivity index (χ1v) is 9.93. The molecule has 3 heterocycles. The number of hydrogen-bond acceptors (Lipinski definition) is 3. The summed E-state index contributed by atoms with van der Waals surface area (Å²) in [5.74, 6) is 0.958. The first-order chi connectivity index (χ1) is 13.7. The van der Waals surface area contributed by atoms with E-state index in [4.69, 9.17) is 0 Å². The molecule has 0 bridgehead atoms. The summed E-state index contributed by atoms with van der Waals surface area (Å²) in [6.07, 6.45) is 4.19. The molecule has 2 aliphatic rings. The molecule has 0 spiro atoms. The third kappa shape index (κ3) is 3.03. The van der Waals surface area contributed by atoms with Crippen LogP contribution in [0.2, 0.25) is 0 Å². The second-order valence-corrected chi connectivity index (χ2v) is 7.71. The average Bonchev–Trinajstić information content (AvgIpc) is 3.11. The zero-order valence-corrected chi connectivity index (χ0v) is 15.7. The van der Waals surface area contributed by atoms with Gasteiger partial charge in [0.15, 0.2) is 0 Å². The summed E-state index contributed by atoms with van der Waals surface area (Å²) in [7, 11) is 0. The molecule has 28 heavy (non-hydrogen) atoms. The van der Waals surface area contributed by atoms with Crippen molar-refractivity contribution in [3.63, 3.8) is 0 Å². The van der Waals surface area contributed by atoms with E-state index in [9.17, 15) is 9.18 Å². The third-order valence-corrected chi connectivity index (χ3v) is 6.06.